The van der Waals surface area contributed by atoms with Crippen molar-refractivity contribution in [1.82, 2.24) is 24.1 Å². The Morgan fingerprint density at radius 3 is 2.61 bits per heavy atom. The number of anilines is 1. The number of benzene rings is 2. The Bertz CT molecular complexity index is 2010. The van der Waals surface area contributed by atoms with Crippen LogP contribution in [0.4, 0.5) is 10.5 Å². The van der Waals surface area contributed by atoms with Gasteiger partial charge in [0.25, 0.3) is 5.56 Å². The number of nitrogens with one attached hydrogen (secondary N) is 1. The monoisotopic (exact) mass is 624 g/mol. The number of carbonyl (C=O) groups excluding carboxylic acids is 1. The Kier molecular flexibility index (Phi) is 8.10. The molecule has 0 saturated carbocycles. The third-order valence-corrected chi connectivity index (χ3v) is 8.23. The minimum absolute atomic E-state index is 0.130. The van der Waals surface area contributed by atoms with Crippen molar-refractivity contribution in [3.63, 3.8) is 0 Å². The number of aryl methyl sites for hydroxylation is 2. The van der Waals surface area contributed by atoms with Gasteiger partial charge in [0.05, 0.1) is 43.2 Å². The number of amides is 1. The molecule has 240 valence electrons. The maximum absolute atomic E-state index is 14.3. The molecule has 3 aromatic heterocycles. The number of rotatable bonds is 7. The molecule has 2 aromatic carbocycles. The van der Waals surface area contributed by atoms with E-state index in [9.17, 15) is 9.59 Å². The lowest BCUT2D eigenvalue weighted by Gasteiger charge is -2.24. The van der Waals surface area contributed by atoms with Crippen LogP contribution < -0.4 is 20.3 Å². The molecule has 1 fully saturated rings. The van der Waals surface area contributed by atoms with Crippen LogP contribution in [-0.4, -0.2) is 63.1 Å². The molecule has 1 saturated heterocycles. The normalized spacial score (nSPS) is 15.0. The fourth-order valence-electron chi connectivity index (χ4n) is 6.00. The fourth-order valence-corrected chi connectivity index (χ4v) is 6.00. The first-order valence-electron chi connectivity index (χ1n) is 15.4. The molecular formula is C35H40N6O5. The maximum atomic E-state index is 14.3. The number of hydrogen-bond donors (Lipinski definition) is 1. The summed E-state index contributed by atoms with van der Waals surface area (Å²) in [7, 11) is 3.24. The second-order valence-corrected chi connectivity index (χ2v) is 12.8. The number of pyridine rings is 1. The number of aromatic nitrogens is 4. The first kappa shape index (κ1) is 30.9. The average molecular weight is 625 g/mol. The van der Waals surface area contributed by atoms with Crippen molar-refractivity contribution in [1.29, 1.82) is 0 Å². The van der Waals surface area contributed by atoms with Gasteiger partial charge in [-0.1, -0.05) is 0 Å². The Morgan fingerprint density at radius 1 is 1.07 bits per heavy atom. The molecular weight excluding hydrogens is 584 g/mol. The van der Waals surface area contributed by atoms with Crippen LogP contribution in [-0.2, 0) is 11.3 Å². The van der Waals surface area contributed by atoms with E-state index in [4.69, 9.17) is 19.3 Å². The van der Waals surface area contributed by atoms with Gasteiger partial charge in [-0.25, -0.2) is 14.3 Å². The quantitative estimate of drug-likeness (QED) is 0.230. The third kappa shape index (κ3) is 6.09. The second kappa shape index (κ2) is 12.0. The Labute approximate surface area is 267 Å². The number of ether oxygens (including phenoxy) is 3. The number of methoxy groups -OCH3 is 2. The third-order valence-electron chi connectivity index (χ3n) is 8.23. The van der Waals surface area contributed by atoms with Crippen molar-refractivity contribution in [2.75, 3.05) is 32.6 Å². The number of hydrogen-bond acceptors (Lipinski definition) is 8. The van der Waals surface area contributed by atoms with Crippen LogP contribution in [0.2, 0.25) is 0 Å². The lowest BCUT2D eigenvalue weighted by molar-refractivity contribution is 0.0289. The van der Waals surface area contributed by atoms with Crippen LogP contribution in [0.1, 0.15) is 50.1 Å². The summed E-state index contributed by atoms with van der Waals surface area (Å²) >= 11 is 0. The van der Waals surface area contributed by atoms with E-state index in [2.05, 4.69) is 10.3 Å². The van der Waals surface area contributed by atoms with E-state index in [1.54, 1.807) is 28.2 Å². The summed E-state index contributed by atoms with van der Waals surface area (Å²) in [6.45, 7) is 10.8. The summed E-state index contributed by atoms with van der Waals surface area (Å²) < 4.78 is 20.1. The topological polar surface area (TPSA) is 112 Å². The molecule has 46 heavy (non-hydrogen) atoms. The molecule has 11 nitrogen and oxygen atoms in total. The summed E-state index contributed by atoms with van der Waals surface area (Å²) in [5, 5.41) is 9.73. The average Bonchev–Trinajstić information content (AvgIpc) is 3.66. The minimum atomic E-state index is -0.589. The van der Waals surface area contributed by atoms with Gasteiger partial charge in [0.1, 0.15) is 17.1 Å². The molecule has 6 rings (SSSR count). The van der Waals surface area contributed by atoms with Crippen LogP contribution in [0.3, 0.4) is 0 Å². The molecule has 4 heterocycles. The minimum Gasteiger partial charge on any atom is -0.497 e. The summed E-state index contributed by atoms with van der Waals surface area (Å²) in [4.78, 5) is 33.3. The van der Waals surface area contributed by atoms with Crippen molar-refractivity contribution in [3.05, 3.63) is 82.0 Å². The van der Waals surface area contributed by atoms with Gasteiger partial charge in [0.2, 0.25) is 0 Å². The highest BCUT2D eigenvalue weighted by molar-refractivity contribution is 5.97. The highest BCUT2D eigenvalue weighted by Crippen LogP contribution is 2.32. The number of likely N-dealkylation sites (tertiary alicyclic amines) is 1. The van der Waals surface area contributed by atoms with E-state index in [-0.39, 0.29) is 17.7 Å². The Hall–Kier alpha value is -5.06. The van der Waals surface area contributed by atoms with Gasteiger partial charge >= 0.3 is 6.09 Å². The molecule has 1 aliphatic heterocycles. The first-order valence-corrected chi connectivity index (χ1v) is 15.4. The van der Waals surface area contributed by atoms with Crippen molar-refractivity contribution in [2.24, 2.45) is 0 Å². The van der Waals surface area contributed by atoms with E-state index in [0.29, 0.717) is 48.6 Å². The lowest BCUT2D eigenvalue weighted by Crippen LogP contribution is -2.36. The van der Waals surface area contributed by atoms with Crippen molar-refractivity contribution < 1.29 is 19.0 Å². The van der Waals surface area contributed by atoms with Crippen molar-refractivity contribution in [2.45, 2.75) is 59.2 Å². The predicted octanol–water partition coefficient (Wildman–Crippen LogP) is 6.14. The van der Waals surface area contributed by atoms with Gasteiger partial charge in [-0.2, -0.15) is 5.10 Å². The highest BCUT2D eigenvalue weighted by atomic mass is 16.6. The van der Waals surface area contributed by atoms with Crippen LogP contribution >= 0.6 is 0 Å². The van der Waals surface area contributed by atoms with E-state index < -0.39 is 5.60 Å². The second-order valence-electron chi connectivity index (χ2n) is 12.8. The van der Waals surface area contributed by atoms with Crippen LogP contribution in [0, 0.1) is 13.8 Å². The molecule has 1 aliphatic rings. The number of nitrogens with zero attached hydrogens (tertiary/aromatic N) is 5. The van der Waals surface area contributed by atoms with Crippen LogP contribution in [0.15, 0.2) is 59.7 Å². The predicted molar refractivity (Wildman–Crippen MR) is 178 cm³/mol. The molecule has 0 aliphatic carbocycles. The highest BCUT2D eigenvalue weighted by Gasteiger charge is 2.31. The van der Waals surface area contributed by atoms with E-state index in [1.807, 2.05) is 89.5 Å². The van der Waals surface area contributed by atoms with Gasteiger partial charge in [0, 0.05) is 48.7 Å². The van der Waals surface area contributed by atoms with Crippen LogP contribution in [0.25, 0.3) is 27.7 Å². The maximum Gasteiger partial charge on any atom is 0.410 e. The molecule has 5 aromatic rings. The first-order chi connectivity index (χ1) is 21.9. The standard InChI is InChI=1S/C35H40N6O5/c1-21-14-28(38-41-19-22(2)37-32(21)41)25-15-23-10-13-40(26-11-12-39(20-26)34(43)46-35(3,4)5)33(42)31(23)29(16-25)36-18-24-8-9-27(44-6)17-30(24)45-7/h8-10,13-17,19,26,36H,11-12,18,20H2,1-7H3. The fraction of sp³-hybridized carbons (Fsp3) is 0.371. The van der Waals surface area contributed by atoms with E-state index >= 15 is 0 Å². The SMILES string of the molecule is COc1ccc(CNc2cc(-c3cc(C)c4nc(C)cn4n3)cc3ccn(C4CCN(C(=O)OC(C)(C)C)C4)c(=O)c23)c(OC)c1. The molecule has 1 amide bonds. The summed E-state index contributed by atoms with van der Waals surface area (Å²) in [5.41, 5.74) is 5.19. The zero-order valence-corrected chi connectivity index (χ0v) is 27.4. The Morgan fingerprint density at radius 2 is 1.87 bits per heavy atom. The van der Waals surface area contributed by atoms with Crippen molar-refractivity contribution in [3.8, 4) is 22.8 Å². The molecule has 1 N–H and O–H groups in total. The molecule has 0 radical (unpaired) electrons. The van der Waals surface area contributed by atoms with Gasteiger partial charge in [-0.05, 0) is 88.4 Å². The number of carbonyl (C=O) groups is 1. The lowest BCUT2D eigenvalue weighted by atomic mass is 10.0. The smallest absolute Gasteiger partial charge is 0.410 e. The molecule has 11 heteroatoms. The molecule has 1 unspecified atom stereocenters. The molecule has 0 spiro atoms. The number of fused-ring (bicyclic) bond motifs is 2. The van der Waals surface area contributed by atoms with Crippen molar-refractivity contribution >= 4 is 28.2 Å². The summed E-state index contributed by atoms with van der Waals surface area (Å²) in [5.74, 6) is 1.37. The molecule has 0 bridgehead atoms. The number of imidazole rings is 1. The zero-order valence-electron chi connectivity index (χ0n) is 27.4. The Balaban J connectivity index is 1.41. The largest absolute Gasteiger partial charge is 0.497 e. The van der Waals surface area contributed by atoms with Gasteiger partial charge in [0.15, 0.2) is 5.65 Å². The summed E-state index contributed by atoms with van der Waals surface area (Å²) in [6, 6.07) is 13.4. The van der Waals surface area contributed by atoms with E-state index in [0.717, 1.165) is 39.1 Å². The van der Waals surface area contributed by atoms with Crippen LogP contribution in [0.5, 0.6) is 11.5 Å². The van der Waals surface area contributed by atoms with Gasteiger partial charge in [-0.15, -0.1) is 0 Å². The molecule has 1 atom stereocenters. The van der Waals surface area contributed by atoms with Gasteiger partial charge in [-0.3, -0.25) is 4.79 Å². The zero-order chi connectivity index (χ0) is 32.7. The van der Waals surface area contributed by atoms with Gasteiger partial charge < -0.3 is 29.0 Å². The summed E-state index contributed by atoms with van der Waals surface area (Å²) in [6.07, 6.45) is 4.03. The van der Waals surface area contributed by atoms with E-state index in [1.165, 1.54) is 0 Å².